The van der Waals surface area contributed by atoms with E-state index in [0.717, 1.165) is 36.8 Å². The fourth-order valence-electron chi connectivity index (χ4n) is 5.31. The fourth-order valence-corrected chi connectivity index (χ4v) is 5.50. The number of carbonyl (C=O) groups is 2. The molecule has 0 radical (unpaired) electrons. The van der Waals surface area contributed by atoms with Crippen molar-refractivity contribution in [2.45, 2.75) is 65.1 Å². The SMILES string of the molecule is CC(c1ccc(C(=O)F)cc1)N1C(=O)C(c2cccc(Cl)c2)=NC12CCC(C(C)(C)C)CC2. The van der Waals surface area contributed by atoms with Crippen molar-refractivity contribution in [3.05, 3.63) is 70.2 Å². The second-order valence-electron chi connectivity index (χ2n) is 10.3. The van der Waals surface area contributed by atoms with Gasteiger partial charge >= 0.3 is 6.04 Å². The van der Waals surface area contributed by atoms with Gasteiger partial charge in [-0.25, -0.2) is 0 Å². The molecule has 1 fully saturated rings. The van der Waals surface area contributed by atoms with Crippen molar-refractivity contribution in [1.82, 2.24) is 4.90 Å². The van der Waals surface area contributed by atoms with Gasteiger partial charge in [0.05, 0.1) is 11.6 Å². The van der Waals surface area contributed by atoms with Crippen molar-refractivity contribution >= 4 is 29.3 Å². The highest BCUT2D eigenvalue weighted by atomic mass is 35.5. The summed E-state index contributed by atoms with van der Waals surface area (Å²) in [6, 6.07) is 11.9. The Bertz CT molecular complexity index is 1100. The Morgan fingerprint density at radius 1 is 1.15 bits per heavy atom. The Balaban J connectivity index is 1.72. The number of hydrogen-bond acceptors (Lipinski definition) is 3. The topological polar surface area (TPSA) is 49.7 Å². The number of rotatable bonds is 4. The van der Waals surface area contributed by atoms with Crippen LogP contribution in [0.3, 0.4) is 0 Å². The van der Waals surface area contributed by atoms with Gasteiger partial charge in [0.1, 0.15) is 11.4 Å². The van der Waals surface area contributed by atoms with E-state index in [0.29, 0.717) is 16.7 Å². The lowest BCUT2D eigenvalue weighted by atomic mass is 9.69. The summed E-state index contributed by atoms with van der Waals surface area (Å²) < 4.78 is 13.1. The molecule has 1 unspecified atom stereocenters. The van der Waals surface area contributed by atoms with Crippen molar-refractivity contribution in [1.29, 1.82) is 0 Å². The van der Waals surface area contributed by atoms with E-state index < -0.39 is 11.7 Å². The summed E-state index contributed by atoms with van der Waals surface area (Å²) in [7, 11) is 0. The summed E-state index contributed by atoms with van der Waals surface area (Å²) in [5.74, 6) is 0.445. The van der Waals surface area contributed by atoms with Crippen molar-refractivity contribution in [2.24, 2.45) is 16.3 Å². The highest BCUT2D eigenvalue weighted by molar-refractivity contribution is 6.47. The van der Waals surface area contributed by atoms with Gasteiger partial charge in [-0.3, -0.25) is 14.6 Å². The first-order valence-electron chi connectivity index (χ1n) is 11.5. The summed E-state index contributed by atoms with van der Waals surface area (Å²) in [6.45, 7) is 8.77. The lowest BCUT2D eigenvalue weighted by Crippen LogP contribution is -2.50. The van der Waals surface area contributed by atoms with E-state index in [9.17, 15) is 14.0 Å². The molecule has 1 saturated carbocycles. The molecular weight excluding hydrogens is 439 g/mol. The molecule has 1 spiro atoms. The van der Waals surface area contributed by atoms with Crippen LogP contribution in [0.25, 0.3) is 0 Å². The molecule has 174 valence electrons. The quantitative estimate of drug-likeness (QED) is 0.464. The lowest BCUT2D eigenvalue weighted by Gasteiger charge is -2.46. The molecule has 0 saturated heterocycles. The van der Waals surface area contributed by atoms with Gasteiger partial charge in [0.2, 0.25) is 0 Å². The summed E-state index contributed by atoms with van der Waals surface area (Å²) in [6.07, 6.45) is 3.55. The highest BCUT2D eigenvalue weighted by Crippen LogP contribution is 2.49. The molecule has 2 aliphatic rings. The number of amides is 1. The first kappa shape index (κ1) is 23.6. The number of aliphatic imine (C=N–C) groups is 1. The van der Waals surface area contributed by atoms with Gasteiger partial charge in [-0.1, -0.05) is 56.6 Å². The number of halogens is 2. The van der Waals surface area contributed by atoms with Crippen LogP contribution in [0, 0.1) is 11.3 Å². The molecule has 1 aliphatic heterocycles. The molecule has 1 atom stereocenters. The van der Waals surface area contributed by atoms with E-state index in [4.69, 9.17) is 16.6 Å². The Morgan fingerprint density at radius 3 is 2.33 bits per heavy atom. The van der Waals surface area contributed by atoms with Crippen molar-refractivity contribution in [3.63, 3.8) is 0 Å². The smallest absolute Gasteiger partial charge is 0.306 e. The van der Waals surface area contributed by atoms with Gasteiger partial charge in [-0.15, -0.1) is 0 Å². The third kappa shape index (κ3) is 4.48. The van der Waals surface area contributed by atoms with E-state index in [1.165, 1.54) is 12.1 Å². The van der Waals surface area contributed by atoms with Gasteiger partial charge in [0, 0.05) is 10.6 Å². The average Bonchev–Trinajstić information content (AvgIpc) is 3.04. The monoisotopic (exact) mass is 468 g/mol. The third-order valence-corrected chi connectivity index (χ3v) is 7.54. The normalized spacial score (nSPS) is 24.2. The van der Waals surface area contributed by atoms with Crippen LogP contribution in [0.4, 0.5) is 4.39 Å². The fraction of sp³-hybridized carbons (Fsp3) is 0.444. The third-order valence-electron chi connectivity index (χ3n) is 7.31. The number of hydrogen-bond donors (Lipinski definition) is 0. The number of carbonyl (C=O) groups excluding carboxylic acids is 2. The molecule has 0 aromatic heterocycles. The predicted molar refractivity (Wildman–Crippen MR) is 129 cm³/mol. The van der Waals surface area contributed by atoms with Gasteiger partial charge < -0.3 is 4.90 Å². The van der Waals surface area contributed by atoms with Gasteiger partial charge in [-0.05, 0) is 73.8 Å². The molecule has 0 N–H and O–H groups in total. The zero-order chi connectivity index (χ0) is 24.0. The van der Waals surface area contributed by atoms with Crippen LogP contribution < -0.4 is 0 Å². The minimum atomic E-state index is -1.46. The van der Waals surface area contributed by atoms with E-state index in [2.05, 4.69) is 20.8 Å². The second-order valence-corrected chi connectivity index (χ2v) is 10.8. The minimum absolute atomic E-state index is 0.00923. The molecule has 1 amide bonds. The summed E-state index contributed by atoms with van der Waals surface area (Å²) >= 11 is 6.21. The van der Waals surface area contributed by atoms with Crippen LogP contribution in [0.2, 0.25) is 5.02 Å². The average molecular weight is 469 g/mol. The largest absolute Gasteiger partial charge is 0.332 e. The minimum Gasteiger partial charge on any atom is -0.306 e. The molecule has 0 bridgehead atoms. The Labute approximate surface area is 199 Å². The number of benzene rings is 2. The van der Waals surface area contributed by atoms with E-state index >= 15 is 0 Å². The van der Waals surface area contributed by atoms with E-state index in [1.54, 1.807) is 24.3 Å². The first-order valence-corrected chi connectivity index (χ1v) is 11.9. The van der Waals surface area contributed by atoms with Gasteiger partial charge in [-0.2, -0.15) is 4.39 Å². The van der Waals surface area contributed by atoms with Gasteiger partial charge in [0.15, 0.2) is 0 Å². The maximum Gasteiger partial charge on any atom is 0.332 e. The molecular formula is C27H30ClFN2O2. The zero-order valence-electron chi connectivity index (χ0n) is 19.6. The highest BCUT2D eigenvalue weighted by Gasteiger charge is 2.51. The molecule has 1 heterocycles. The molecule has 6 heteroatoms. The van der Waals surface area contributed by atoms with Crippen LogP contribution >= 0.6 is 11.6 Å². The maximum atomic E-state index is 13.8. The van der Waals surface area contributed by atoms with Crippen LogP contribution in [-0.2, 0) is 4.79 Å². The van der Waals surface area contributed by atoms with Crippen LogP contribution in [0.1, 0.15) is 80.9 Å². The second kappa shape index (κ2) is 8.68. The van der Waals surface area contributed by atoms with Crippen LogP contribution in [-0.4, -0.2) is 28.2 Å². The molecule has 2 aromatic rings. The van der Waals surface area contributed by atoms with E-state index in [-0.39, 0.29) is 22.9 Å². The molecule has 33 heavy (non-hydrogen) atoms. The molecule has 4 rings (SSSR count). The number of nitrogens with zero attached hydrogens (tertiary/aromatic N) is 2. The van der Waals surface area contributed by atoms with Crippen LogP contribution in [0.5, 0.6) is 0 Å². The molecule has 2 aromatic carbocycles. The van der Waals surface area contributed by atoms with E-state index in [1.807, 2.05) is 24.0 Å². The molecule has 4 nitrogen and oxygen atoms in total. The zero-order valence-corrected chi connectivity index (χ0v) is 20.3. The predicted octanol–water partition coefficient (Wildman–Crippen LogP) is 6.77. The van der Waals surface area contributed by atoms with Crippen molar-refractivity contribution in [2.75, 3.05) is 0 Å². The van der Waals surface area contributed by atoms with Crippen molar-refractivity contribution < 1.29 is 14.0 Å². The standard InChI is InChI=1S/C27H30ClFN2O2/c1-17(18-8-10-19(11-9-18)24(29)32)31-25(33)23(20-6-5-7-22(28)16-20)30-27(31)14-12-21(13-15-27)26(2,3)4/h5-11,16-17,21H,12-15H2,1-4H3. The lowest BCUT2D eigenvalue weighted by molar-refractivity contribution is -0.132. The van der Waals surface area contributed by atoms with Gasteiger partial charge in [0.25, 0.3) is 5.91 Å². The molecule has 1 aliphatic carbocycles. The Kier molecular flexibility index (Phi) is 6.21. The Morgan fingerprint density at radius 2 is 1.79 bits per heavy atom. The first-order chi connectivity index (χ1) is 15.5. The van der Waals surface area contributed by atoms with Crippen molar-refractivity contribution in [3.8, 4) is 0 Å². The summed E-state index contributed by atoms with van der Waals surface area (Å²) in [4.78, 5) is 31.8. The summed E-state index contributed by atoms with van der Waals surface area (Å²) in [5, 5.41) is 0.562. The maximum absolute atomic E-state index is 13.8. The summed E-state index contributed by atoms with van der Waals surface area (Å²) in [5.41, 5.74) is 1.59. The Hall–Kier alpha value is -2.53. The van der Waals surface area contributed by atoms with Crippen LogP contribution in [0.15, 0.2) is 53.5 Å².